The van der Waals surface area contributed by atoms with Crippen molar-refractivity contribution in [3.05, 3.63) is 71.8 Å². The third-order valence-electron chi connectivity index (χ3n) is 4.72. The average molecular weight is 350 g/mol. The van der Waals surface area contributed by atoms with Gasteiger partial charge in [-0.15, -0.1) is 0 Å². The summed E-state index contributed by atoms with van der Waals surface area (Å²) in [5.74, 6) is 1.21. The second-order valence-corrected chi connectivity index (χ2v) is 6.51. The number of nitrogens with one attached hydrogen (secondary N) is 1. The molecule has 1 amide bonds. The minimum atomic E-state index is -0.285. The lowest BCUT2D eigenvalue weighted by Gasteiger charge is -2.31. The van der Waals surface area contributed by atoms with Gasteiger partial charge in [0.1, 0.15) is 11.6 Å². The molecule has 0 aliphatic carbocycles. The zero-order valence-corrected chi connectivity index (χ0v) is 14.2. The van der Waals surface area contributed by atoms with Crippen LogP contribution in [-0.4, -0.2) is 39.1 Å². The van der Waals surface area contributed by atoms with Crippen LogP contribution < -0.4 is 0 Å². The van der Waals surface area contributed by atoms with Crippen LogP contribution in [0.15, 0.2) is 54.6 Å². The molecule has 1 aliphatic rings. The number of nitrogens with zero attached hydrogens (tertiary/aromatic N) is 3. The average Bonchev–Trinajstić information content (AvgIpc) is 3.19. The molecule has 5 nitrogen and oxygen atoms in total. The Hall–Kier alpha value is -3.02. The van der Waals surface area contributed by atoms with Crippen LogP contribution in [0.4, 0.5) is 4.39 Å². The number of aromatic nitrogens is 3. The number of likely N-dealkylation sites (tertiary alicyclic amines) is 1. The van der Waals surface area contributed by atoms with Gasteiger partial charge in [0.15, 0.2) is 5.82 Å². The molecule has 132 valence electrons. The van der Waals surface area contributed by atoms with E-state index in [0.29, 0.717) is 17.9 Å². The van der Waals surface area contributed by atoms with E-state index in [1.165, 1.54) is 12.1 Å². The second kappa shape index (κ2) is 7.07. The fraction of sp³-hybridized carbons (Fsp3) is 0.250. The number of rotatable bonds is 3. The summed E-state index contributed by atoms with van der Waals surface area (Å²) in [7, 11) is 0. The first-order valence-electron chi connectivity index (χ1n) is 8.73. The van der Waals surface area contributed by atoms with E-state index in [9.17, 15) is 9.18 Å². The molecule has 1 atom stereocenters. The van der Waals surface area contributed by atoms with E-state index in [1.54, 1.807) is 12.1 Å². The first-order chi connectivity index (χ1) is 12.7. The minimum absolute atomic E-state index is 0.0496. The molecule has 2 heterocycles. The van der Waals surface area contributed by atoms with E-state index in [2.05, 4.69) is 15.2 Å². The summed E-state index contributed by atoms with van der Waals surface area (Å²) in [6, 6.07) is 15.4. The third kappa shape index (κ3) is 3.35. The maximum Gasteiger partial charge on any atom is 0.253 e. The lowest BCUT2D eigenvalue weighted by atomic mass is 9.96. The van der Waals surface area contributed by atoms with Crippen molar-refractivity contribution in [2.75, 3.05) is 13.1 Å². The Labute approximate surface area is 150 Å². The topological polar surface area (TPSA) is 61.9 Å². The van der Waals surface area contributed by atoms with Crippen molar-refractivity contribution in [2.24, 2.45) is 0 Å². The van der Waals surface area contributed by atoms with Crippen LogP contribution in [0, 0.1) is 5.82 Å². The van der Waals surface area contributed by atoms with Crippen molar-refractivity contribution in [1.29, 1.82) is 0 Å². The van der Waals surface area contributed by atoms with Crippen molar-refractivity contribution in [2.45, 2.75) is 18.8 Å². The van der Waals surface area contributed by atoms with E-state index < -0.39 is 0 Å². The molecule has 0 bridgehead atoms. The number of amides is 1. The Balaban J connectivity index is 1.50. The summed E-state index contributed by atoms with van der Waals surface area (Å²) in [6.45, 7) is 1.37. The summed E-state index contributed by atoms with van der Waals surface area (Å²) >= 11 is 0. The number of H-pyrrole nitrogens is 1. The van der Waals surface area contributed by atoms with Crippen LogP contribution in [0.2, 0.25) is 0 Å². The molecule has 1 fully saturated rings. The van der Waals surface area contributed by atoms with Crippen LogP contribution >= 0.6 is 0 Å². The molecule has 3 aromatic rings. The lowest BCUT2D eigenvalue weighted by molar-refractivity contribution is 0.0704. The number of halogens is 1. The van der Waals surface area contributed by atoms with Gasteiger partial charge in [-0.05, 0) is 49.2 Å². The van der Waals surface area contributed by atoms with E-state index in [-0.39, 0.29) is 17.6 Å². The zero-order valence-electron chi connectivity index (χ0n) is 14.2. The van der Waals surface area contributed by atoms with Crippen molar-refractivity contribution in [3.63, 3.8) is 0 Å². The van der Waals surface area contributed by atoms with Crippen LogP contribution in [0.1, 0.15) is 34.9 Å². The Morgan fingerprint density at radius 1 is 1.12 bits per heavy atom. The zero-order chi connectivity index (χ0) is 17.9. The molecular formula is C20H19FN4O. The molecule has 1 aromatic heterocycles. The van der Waals surface area contributed by atoms with E-state index in [4.69, 9.17) is 0 Å². The van der Waals surface area contributed by atoms with Gasteiger partial charge < -0.3 is 4.90 Å². The van der Waals surface area contributed by atoms with E-state index >= 15 is 0 Å². The number of hydrogen-bond acceptors (Lipinski definition) is 3. The predicted octanol–water partition coefficient (Wildman–Crippen LogP) is 3.63. The van der Waals surface area contributed by atoms with Gasteiger partial charge in [0, 0.05) is 30.1 Å². The van der Waals surface area contributed by atoms with Gasteiger partial charge in [-0.2, -0.15) is 5.10 Å². The summed E-state index contributed by atoms with van der Waals surface area (Å²) in [4.78, 5) is 19.1. The predicted molar refractivity (Wildman–Crippen MR) is 96.1 cm³/mol. The summed E-state index contributed by atoms with van der Waals surface area (Å²) in [6.07, 6.45) is 1.88. The Kier molecular flexibility index (Phi) is 4.48. The van der Waals surface area contributed by atoms with Crippen molar-refractivity contribution < 1.29 is 9.18 Å². The monoisotopic (exact) mass is 350 g/mol. The normalized spacial score (nSPS) is 17.3. The van der Waals surface area contributed by atoms with Crippen LogP contribution in [0.25, 0.3) is 11.4 Å². The van der Waals surface area contributed by atoms with Gasteiger partial charge >= 0.3 is 0 Å². The highest BCUT2D eigenvalue weighted by Crippen LogP contribution is 2.27. The summed E-state index contributed by atoms with van der Waals surface area (Å²) in [5.41, 5.74) is 1.47. The first-order valence-corrected chi connectivity index (χ1v) is 8.73. The Bertz CT molecular complexity index is 892. The molecule has 4 rings (SSSR count). The van der Waals surface area contributed by atoms with Gasteiger partial charge in [-0.3, -0.25) is 9.89 Å². The largest absolute Gasteiger partial charge is 0.338 e. The Morgan fingerprint density at radius 2 is 1.88 bits per heavy atom. The van der Waals surface area contributed by atoms with Gasteiger partial charge in [-0.25, -0.2) is 9.37 Å². The number of aromatic amines is 1. The molecular weight excluding hydrogens is 331 g/mol. The summed E-state index contributed by atoms with van der Waals surface area (Å²) in [5, 5.41) is 7.25. The van der Waals surface area contributed by atoms with Gasteiger partial charge in [0.25, 0.3) is 5.91 Å². The second-order valence-electron chi connectivity index (χ2n) is 6.51. The summed E-state index contributed by atoms with van der Waals surface area (Å²) < 4.78 is 13.1. The number of carbonyl (C=O) groups is 1. The highest BCUT2D eigenvalue weighted by atomic mass is 19.1. The van der Waals surface area contributed by atoms with Crippen LogP contribution in [0.3, 0.4) is 0 Å². The highest BCUT2D eigenvalue weighted by molar-refractivity contribution is 5.94. The first kappa shape index (κ1) is 16.4. The molecule has 0 saturated carbocycles. The molecule has 26 heavy (non-hydrogen) atoms. The van der Waals surface area contributed by atoms with Crippen LogP contribution in [-0.2, 0) is 0 Å². The standard InChI is InChI=1S/C20H19FN4O/c21-17-10-8-14(9-11-17)18-22-19(24-23-18)16-7-4-12-25(13-16)20(26)15-5-2-1-3-6-15/h1-3,5-6,8-11,16H,4,7,12-13H2,(H,22,23,24). The molecule has 0 radical (unpaired) electrons. The maximum atomic E-state index is 13.1. The molecule has 1 aliphatic heterocycles. The van der Waals surface area contributed by atoms with E-state index in [1.807, 2.05) is 35.2 Å². The van der Waals surface area contributed by atoms with Gasteiger partial charge in [0.05, 0.1) is 0 Å². The van der Waals surface area contributed by atoms with Gasteiger partial charge in [0.2, 0.25) is 0 Å². The third-order valence-corrected chi connectivity index (χ3v) is 4.72. The number of benzene rings is 2. The number of hydrogen-bond donors (Lipinski definition) is 1. The van der Waals surface area contributed by atoms with Crippen molar-refractivity contribution >= 4 is 5.91 Å². The quantitative estimate of drug-likeness (QED) is 0.785. The van der Waals surface area contributed by atoms with Gasteiger partial charge in [-0.1, -0.05) is 18.2 Å². The maximum absolute atomic E-state index is 13.1. The molecule has 0 spiro atoms. The molecule has 6 heteroatoms. The highest BCUT2D eigenvalue weighted by Gasteiger charge is 2.27. The van der Waals surface area contributed by atoms with Crippen molar-refractivity contribution in [1.82, 2.24) is 20.1 Å². The lowest BCUT2D eigenvalue weighted by Crippen LogP contribution is -2.39. The molecule has 1 unspecified atom stereocenters. The smallest absolute Gasteiger partial charge is 0.253 e. The molecule has 1 N–H and O–H groups in total. The minimum Gasteiger partial charge on any atom is -0.338 e. The number of piperidine rings is 1. The fourth-order valence-corrected chi connectivity index (χ4v) is 3.33. The molecule has 1 saturated heterocycles. The fourth-order valence-electron chi connectivity index (χ4n) is 3.33. The van der Waals surface area contributed by atoms with Crippen molar-refractivity contribution in [3.8, 4) is 11.4 Å². The number of carbonyl (C=O) groups excluding carboxylic acids is 1. The van der Waals surface area contributed by atoms with E-state index in [0.717, 1.165) is 30.8 Å². The molecule has 2 aromatic carbocycles. The SMILES string of the molecule is O=C(c1ccccc1)N1CCCC(c2nc(-c3ccc(F)cc3)n[nH]2)C1. The Morgan fingerprint density at radius 3 is 2.65 bits per heavy atom. The van der Waals surface area contributed by atoms with Crippen LogP contribution in [0.5, 0.6) is 0 Å².